The third-order valence-electron chi connectivity index (χ3n) is 4.66. The predicted octanol–water partition coefficient (Wildman–Crippen LogP) is 2.56. The molecule has 1 saturated carbocycles. The molecule has 0 aromatic carbocycles. The summed E-state index contributed by atoms with van der Waals surface area (Å²) in [5.74, 6) is 3.16. The number of pyridine rings is 1. The van der Waals surface area contributed by atoms with Crippen molar-refractivity contribution < 1.29 is 4.74 Å². The van der Waals surface area contributed by atoms with Crippen molar-refractivity contribution in [2.24, 2.45) is 17.8 Å². The van der Waals surface area contributed by atoms with E-state index in [2.05, 4.69) is 25.8 Å². The molecule has 0 N–H and O–H groups in total. The zero-order chi connectivity index (χ0) is 12.1. The van der Waals surface area contributed by atoms with Crippen molar-refractivity contribution in [1.29, 1.82) is 0 Å². The predicted molar refractivity (Wildman–Crippen MR) is 72.5 cm³/mol. The van der Waals surface area contributed by atoms with Crippen molar-refractivity contribution in [2.75, 3.05) is 19.6 Å². The van der Waals surface area contributed by atoms with Gasteiger partial charge in [-0.25, -0.2) is 4.98 Å². The average Bonchev–Trinajstić information content (AvgIpc) is 2.35. The Kier molecular flexibility index (Phi) is 2.62. The van der Waals surface area contributed by atoms with E-state index in [4.69, 9.17) is 4.74 Å². The molecule has 0 radical (unpaired) electrons. The minimum absolute atomic E-state index is 0.395. The van der Waals surface area contributed by atoms with Crippen LogP contribution in [0.1, 0.15) is 12.8 Å². The highest BCUT2D eigenvalue weighted by Gasteiger charge is 2.48. The maximum atomic E-state index is 6.19. The van der Waals surface area contributed by atoms with Gasteiger partial charge in [0.25, 0.3) is 0 Å². The maximum Gasteiger partial charge on any atom is 0.213 e. The van der Waals surface area contributed by atoms with E-state index in [1.54, 1.807) is 0 Å². The number of aromatic nitrogens is 1. The lowest BCUT2D eigenvalue weighted by molar-refractivity contribution is -0.0997. The second-order valence-corrected chi connectivity index (χ2v) is 6.89. The summed E-state index contributed by atoms with van der Waals surface area (Å²) < 4.78 is 7.19. The number of ether oxygens (including phenoxy) is 1. The highest BCUT2D eigenvalue weighted by molar-refractivity contribution is 9.10. The number of halogens is 1. The Hall–Kier alpha value is -0.610. The van der Waals surface area contributed by atoms with Crippen LogP contribution in [0, 0.1) is 17.8 Å². The molecule has 0 amide bonds. The molecule has 1 aliphatic carbocycles. The fourth-order valence-electron chi connectivity index (χ4n) is 4.13. The van der Waals surface area contributed by atoms with Crippen LogP contribution in [0.5, 0.6) is 5.88 Å². The van der Waals surface area contributed by atoms with Gasteiger partial charge in [0.05, 0.1) is 0 Å². The molecule has 3 aliphatic heterocycles. The van der Waals surface area contributed by atoms with Crippen LogP contribution >= 0.6 is 15.9 Å². The van der Waals surface area contributed by atoms with Crippen LogP contribution in [0.3, 0.4) is 0 Å². The lowest BCUT2D eigenvalue weighted by Gasteiger charge is -2.55. The van der Waals surface area contributed by atoms with Crippen LogP contribution in [-0.4, -0.2) is 35.6 Å². The second kappa shape index (κ2) is 4.20. The van der Waals surface area contributed by atoms with Gasteiger partial charge < -0.3 is 9.64 Å². The van der Waals surface area contributed by atoms with Crippen molar-refractivity contribution in [3.05, 3.63) is 22.8 Å². The molecule has 4 aliphatic rings. The Morgan fingerprint density at radius 3 is 2.56 bits per heavy atom. The fourth-order valence-corrected chi connectivity index (χ4v) is 4.36. The molecule has 1 aromatic rings. The number of nitrogens with zero attached hydrogens (tertiary/aromatic N) is 2. The highest BCUT2D eigenvalue weighted by Crippen LogP contribution is 2.44. The van der Waals surface area contributed by atoms with Crippen LogP contribution in [0.2, 0.25) is 0 Å². The minimum Gasteiger partial charge on any atom is -0.474 e. The number of piperidine rings is 3. The summed E-state index contributed by atoms with van der Waals surface area (Å²) >= 11 is 3.41. The van der Waals surface area contributed by atoms with Crippen LogP contribution in [-0.2, 0) is 0 Å². The van der Waals surface area contributed by atoms with Gasteiger partial charge >= 0.3 is 0 Å². The van der Waals surface area contributed by atoms with Gasteiger partial charge in [0.1, 0.15) is 6.10 Å². The van der Waals surface area contributed by atoms with E-state index in [-0.39, 0.29) is 0 Å². The average molecular weight is 309 g/mol. The molecule has 96 valence electrons. The number of rotatable bonds is 2. The van der Waals surface area contributed by atoms with Crippen LogP contribution < -0.4 is 4.74 Å². The first-order valence-corrected chi connectivity index (χ1v) is 7.58. The van der Waals surface area contributed by atoms with E-state index in [1.807, 2.05) is 18.3 Å². The van der Waals surface area contributed by atoms with Gasteiger partial charge in [-0.15, -0.1) is 0 Å². The Morgan fingerprint density at radius 1 is 1.17 bits per heavy atom. The largest absolute Gasteiger partial charge is 0.474 e. The third kappa shape index (κ3) is 1.86. The minimum atomic E-state index is 0.395. The first-order chi connectivity index (χ1) is 8.78. The fraction of sp³-hybridized carbons (Fsp3) is 0.643. The maximum absolute atomic E-state index is 6.19. The van der Waals surface area contributed by atoms with E-state index < -0.39 is 0 Å². The zero-order valence-corrected chi connectivity index (χ0v) is 11.8. The Labute approximate surface area is 116 Å². The van der Waals surface area contributed by atoms with Crippen molar-refractivity contribution in [1.82, 2.24) is 9.88 Å². The standard InChI is InChI=1S/C14H17BrN2O/c15-12-1-2-13(16-5-12)18-14-10-3-9-4-11(14)8-17(6-9)7-10/h1-2,5,9-11,14H,3-4,6-8H2. The summed E-state index contributed by atoms with van der Waals surface area (Å²) in [5.41, 5.74) is 0. The second-order valence-electron chi connectivity index (χ2n) is 5.97. The molecule has 3 nitrogen and oxygen atoms in total. The van der Waals surface area contributed by atoms with Gasteiger partial charge in [0.2, 0.25) is 5.88 Å². The van der Waals surface area contributed by atoms with Crippen LogP contribution in [0.15, 0.2) is 22.8 Å². The smallest absolute Gasteiger partial charge is 0.213 e. The van der Waals surface area contributed by atoms with Crippen molar-refractivity contribution in [3.63, 3.8) is 0 Å². The van der Waals surface area contributed by atoms with Crippen molar-refractivity contribution in [3.8, 4) is 5.88 Å². The summed E-state index contributed by atoms with van der Waals surface area (Å²) in [7, 11) is 0. The molecule has 5 rings (SSSR count). The molecule has 3 saturated heterocycles. The van der Waals surface area contributed by atoms with Gasteiger partial charge in [0, 0.05) is 48.2 Å². The van der Waals surface area contributed by atoms with E-state index in [0.29, 0.717) is 6.10 Å². The summed E-state index contributed by atoms with van der Waals surface area (Å²) in [4.78, 5) is 6.97. The van der Waals surface area contributed by atoms with Crippen molar-refractivity contribution >= 4 is 15.9 Å². The van der Waals surface area contributed by atoms with Gasteiger partial charge in [0.15, 0.2) is 0 Å². The van der Waals surface area contributed by atoms with Gasteiger partial charge in [-0.2, -0.15) is 0 Å². The molecule has 4 heterocycles. The normalized spacial score (nSPS) is 41.1. The molecule has 4 bridgehead atoms. The highest BCUT2D eigenvalue weighted by atomic mass is 79.9. The Bertz CT molecular complexity index is 420. The Morgan fingerprint density at radius 2 is 1.94 bits per heavy atom. The van der Waals surface area contributed by atoms with E-state index in [0.717, 1.165) is 28.1 Å². The molecule has 2 atom stereocenters. The molecular formula is C14H17BrN2O. The van der Waals surface area contributed by atoms with Gasteiger partial charge in [-0.1, -0.05) is 0 Å². The lowest BCUT2D eigenvalue weighted by atomic mass is 9.66. The first kappa shape index (κ1) is 11.2. The molecule has 0 spiro atoms. The molecule has 2 unspecified atom stereocenters. The summed E-state index contributed by atoms with van der Waals surface area (Å²) in [6.07, 6.45) is 4.92. The zero-order valence-electron chi connectivity index (χ0n) is 10.3. The monoisotopic (exact) mass is 308 g/mol. The lowest BCUT2D eigenvalue weighted by Crippen LogP contribution is -2.61. The van der Waals surface area contributed by atoms with Crippen molar-refractivity contribution in [2.45, 2.75) is 18.9 Å². The molecular weight excluding hydrogens is 292 g/mol. The van der Waals surface area contributed by atoms with Gasteiger partial charge in [-0.05, 0) is 40.8 Å². The number of hydrogen-bond donors (Lipinski definition) is 0. The summed E-state index contributed by atoms with van der Waals surface area (Å²) in [5, 5.41) is 0. The van der Waals surface area contributed by atoms with E-state index in [1.165, 1.54) is 32.5 Å². The van der Waals surface area contributed by atoms with Crippen LogP contribution in [0.4, 0.5) is 0 Å². The number of hydrogen-bond acceptors (Lipinski definition) is 3. The Balaban J connectivity index is 1.53. The molecule has 4 fully saturated rings. The third-order valence-corrected chi connectivity index (χ3v) is 5.13. The van der Waals surface area contributed by atoms with E-state index in [9.17, 15) is 0 Å². The van der Waals surface area contributed by atoms with Crippen LogP contribution in [0.25, 0.3) is 0 Å². The summed E-state index contributed by atoms with van der Waals surface area (Å²) in [6, 6.07) is 3.97. The summed E-state index contributed by atoms with van der Waals surface area (Å²) in [6.45, 7) is 3.79. The molecule has 4 heteroatoms. The SMILES string of the molecule is Brc1ccc(OC2C3CC4CC2CN(C4)C3)nc1. The first-order valence-electron chi connectivity index (χ1n) is 6.78. The molecule has 18 heavy (non-hydrogen) atoms. The topological polar surface area (TPSA) is 25.4 Å². The quantitative estimate of drug-likeness (QED) is 0.839. The molecule has 1 aromatic heterocycles. The van der Waals surface area contributed by atoms with Gasteiger partial charge in [-0.3, -0.25) is 0 Å². The van der Waals surface area contributed by atoms with E-state index >= 15 is 0 Å².